The fourth-order valence-corrected chi connectivity index (χ4v) is 1.90. The van der Waals surface area contributed by atoms with E-state index >= 15 is 0 Å². The molecule has 0 spiro atoms. The van der Waals surface area contributed by atoms with Crippen molar-refractivity contribution in [3.05, 3.63) is 29.3 Å². The molecule has 1 unspecified atom stereocenters. The quantitative estimate of drug-likeness (QED) is 0.794. The molecule has 0 saturated heterocycles. The van der Waals surface area contributed by atoms with Crippen molar-refractivity contribution in [3.63, 3.8) is 0 Å². The number of alkyl halides is 2. The molecule has 0 aromatic heterocycles. The van der Waals surface area contributed by atoms with Gasteiger partial charge >= 0.3 is 0 Å². The second-order valence-electron chi connectivity index (χ2n) is 5.73. The van der Waals surface area contributed by atoms with Gasteiger partial charge in [0.15, 0.2) is 6.10 Å². The zero-order chi connectivity index (χ0) is 16.9. The summed E-state index contributed by atoms with van der Waals surface area (Å²) in [5.41, 5.74) is 6.90. The monoisotopic (exact) mass is 350 g/mol. The van der Waals surface area contributed by atoms with Crippen molar-refractivity contribution < 1.29 is 18.3 Å². The lowest BCUT2D eigenvalue weighted by Gasteiger charge is -2.20. The maximum Gasteiger partial charge on any atom is 0.277 e. The number of benzene rings is 1. The fraction of sp³-hybridized carbons (Fsp3) is 0.562. The number of halogens is 3. The lowest BCUT2D eigenvalue weighted by Crippen LogP contribution is -2.45. The van der Waals surface area contributed by atoms with E-state index in [2.05, 4.69) is 5.32 Å². The van der Waals surface area contributed by atoms with Crippen molar-refractivity contribution in [2.24, 2.45) is 5.73 Å². The molecule has 0 aliphatic carbocycles. The van der Waals surface area contributed by atoms with Crippen LogP contribution in [0, 0.1) is 6.92 Å². The molecule has 0 fully saturated rings. The van der Waals surface area contributed by atoms with Crippen LogP contribution in [0.4, 0.5) is 8.78 Å². The number of amides is 1. The zero-order valence-electron chi connectivity index (χ0n) is 13.9. The van der Waals surface area contributed by atoms with E-state index in [-0.39, 0.29) is 18.3 Å². The van der Waals surface area contributed by atoms with Gasteiger partial charge in [-0.1, -0.05) is 26.0 Å². The maximum absolute atomic E-state index is 13.0. The Kier molecular flexibility index (Phi) is 8.48. The minimum absolute atomic E-state index is 0. The van der Waals surface area contributed by atoms with Crippen molar-refractivity contribution in [3.8, 4) is 5.75 Å². The summed E-state index contributed by atoms with van der Waals surface area (Å²) in [6.45, 7) is 5.89. The number of nitrogens with two attached hydrogens (primary N) is 1. The third-order valence-corrected chi connectivity index (χ3v) is 3.28. The number of aryl methyl sites for hydroxylation is 1. The van der Waals surface area contributed by atoms with Crippen LogP contribution in [0.1, 0.15) is 37.8 Å². The molecule has 0 aliphatic heterocycles. The summed E-state index contributed by atoms with van der Waals surface area (Å²) in [5, 5.41) is 2.16. The first-order valence-electron chi connectivity index (χ1n) is 7.29. The van der Waals surface area contributed by atoms with Gasteiger partial charge < -0.3 is 15.8 Å². The highest BCUT2D eigenvalue weighted by Crippen LogP contribution is 2.28. The lowest BCUT2D eigenvalue weighted by atomic mass is 10.0. The highest BCUT2D eigenvalue weighted by Gasteiger charge is 2.28. The summed E-state index contributed by atoms with van der Waals surface area (Å²) in [6.07, 6.45) is -0.868. The second-order valence-corrected chi connectivity index (χ2v) is 5.73. The summed E-state index contributed by atoms with van der Waals surface area (Å²) in [7, 11) is 0. The van der Waals surface area contributed by atoms with Crippen LogP contribution in [0.2, 0.25) is 0 Å². The number of carbonyl (C=O) groups excluding carboxylic acids is 1. The van der Waals surface area contributed by atoms with Gasteiger partial charge in [0, 0.05) is 0 Å². The Morgan fingerprint density at radius 2 is 1.96 bits per heavy atom. The van der Waals surface area contributed by atoms with Gasteiger partial charge in [0.2, 0.25) is 0 Å². The molecule has 0 heterocycles. The lowest BCUT2D eigenvalue weighted by molar-refractivity contribution is -0.129. The molecule has 0 bridgehead atoms. The molecule has 0 saturated carbocycles. The van der Waals surface area contributed by atoms with Crippen LogP contribution in [-0.4, -0.2) is 31.0 Å². The SMILES string of the molecule is Cc1ccc(C(C)C)c(OC(C)C(=O)NCC(F)(F)CN)c1.Cl. The third-order valence-electron chi connectivity index (χ3n) is 3.28. The number of carbonyl (C=O) groups is 1. The van der Waals surface area contributed by atoms with Gasteiger partial charge in [0.25, 0.3) is 11.8 Å². The first kappa shape index (κ1) is 21.6. The van der Waals surface area contributed by atoms with Crippen molar-refractivity contribution in [2.75, 3.05) is 13.1 Å². The first-order valence-corrected chi connectivity index (χ1v) is 7.29. The van der Waals surface area contributed by atoms with Crippen molar-refractivity contribution in [1.29, 1.82) is 0 Å². The highest BCUT2D eigenvalue weighted by atomic mass is 35.5. The molecule has 7 heteroatoms. The number of ether oxygens (including phenoxy) is 1. The van der Waals surface area contributed by atoms with E-state index in [1.54, 1.807) is 0 Å². The molecule has 132 valence electrons. The molecule has 3 N–H and O–H groups in total. The van der Waals surface area contributed by atoms with E-state index in [1.165, 1.54) is 6.92 Å². The van der Waals surface area contributed by atoms with Gasteiger partial charge in [0.1, 0.15) is 5.75 Å². The normalized spacial score (nSPS) is 12.5. The maximum atomic E-state index is 13.0. The van der Waals surface area contributed by atoms with Gasteiger partial charge in [-0.3, -0.25) is 4.79 Å². The van der Waals surface area contributed by atoms with E-state index in [9.17, 15) is 13.6 Å². The van der Waals surface area contributed by atoms with E-state index in [1.807, 2.05) is 39.0 Å². The molecule has 1 aromatic carbocycles. The van der Waals surface area contributed by atoms with Gasteiger partial charge in [0.05, 0.1) is 13.1 Å². The van der Waals surface area contributed by atoms with Crippen molar-refractivity contribution in [2.45, 2.75) is 45.6 Å². The fourth-order valence-electron chi connectivity index (χ4n) is 1.90. The van der Waals surface area contributed by atoms with Gasteiger partial charge in [-0.05, 0) is 37.0 Å². The molecule has 0 radical (unpaired) electrons. The smallest absolute Gasteiger partial charge is 0.277 e. The average Bonchev–Trinajstić information content (AvgIpc) is 2.44. The Morgan fingerprint density at radius 1 is 1.35 bits per heavy atom. The van der Waals surface area contributed by atoms with Crippen LogP contribution in [0.3, 0.4) is 0 Å². The molecular weight excluding hydrogens is 326 g/mol. The number of nitrogens with one attached hydrogen (secondary N) is 1. The number of hydrogen-bond acceptors (Lipinski definition) is 3. The van der Waals surface area contributed by atoms with Crippen molar-refractivity contribution >= 4 is 18.3 Å². The van der Waals surface area contributed by atoms with Crippen LogP contribution in [0.15, 0.2) is 18.2 Å². The van der Waals surface area contributed by atoms with Crippen LogP contribution in [0.25, 0.3) is 0 Å². The molecule has 4 nitrogen and oxygen atoms in total. The predicted molar refractivity (Wildman–Crippen MR) is 89.6 cm³/mol. The predicted octanol–water partition coefficient (Wildman–Crippen LogP) is 3.02. The zero-order valence-corrected chi connectivity index (χ0v) is 14.7. The topological polar surface area (TPSA) is 64.3 Å². The minimum atomic E-state index is -3.11. The van der Waals surface area contributed by atoms with E-state index < -0.39 is 31.0 Å². The summed E-state index contributed by atoms with van der Waals surface area (Å²) in [6, 6.07) is 5.75. The summed E-state index contributed by atoms with van der Waals surface area (Å²) in [5.74, 6) is -2.87. The molecule has 1 amide bonds. The Balaban J connectivity index is 0.00000484. The molecular formula is C16H25ClF2N2O2. The Morgan fingerprint density at radius 3 is 2.48 bits per heavy atom. The number of hydrogen-bond donors (Lipinski definition) is 2. The Labute approximate surface area is 142 Å². The molecule has 1 rings (SSSR count). The van der Waals surface area contributed by atoms with E-state index in [4.69, 9.17) is 10.5 Å². The average molecular weight is 351 g/mol. The Hall–Kier alpha value is -1.40. The molecule has 1 aromatic rings. The summed E-state index contributed by atoms with van der Waals surface area (Å²) in [4.78, 5) is 11.9. The highest BCUT2D eigenvalue weighted by molar-refractivity contribution is 5.85. The summed E-state index contributed by atoms with van der Waals surface area (Å²) >= 11 is 0. The number of rotatable bonds is 7. The van der Waals surface area contributed by atoms with E-state index in [0.717, 1.165) is 11.1 Å². The molecule has 0 aliphatic rings. The standard InChI is InChI=1S/C16H24F2N2O2.ClH/c1-10(2)13-6-5-11(3)7-14(13)22-12(4)15(21)20-9-16(17,18)8-19;/h5-7,10,12H,8-9,19H2,1-4H3,(H,20,21);1H. The third kappa shape index (κ3) is 6.71. The van der Waals surface area contributed by atoms with Crippen molar-refractivity contribution in [1.82, 2.24) is 5.32 Å². The molecule has 1 atom stereocenters. The van der Waals surface area contributed by atoms with Gasteiger partial charge in [-0.25, -0.2) is 8.78 Å². The largest absolute Gasteiger partial charge is 0.481 e. The van der Waals surface area contributed by atoms with Crippen LogP contribution >= 0.6 is 12.4 Å². The Bertz CT molecular complexity index is 525. The molecule has 23 heavy (non-hydrogen) atoms. The summed E-state index contributed by atoms with van der Waals surface area (Å²) < 4.78 is 31.8. The first-order chi connectivity index (χ1) is 10.2. The van der Waals surface area contributed by atoms with Crippen LogP contribution in [0.5, 0.6) is 5.75 Å². The van der Waals surface area contributed by atoms with Crippen LogP contribution in [-0.2, 0) is 4.79 Å². The van der Waals surface area contributed by atoms with Gasteiger partial charge in [-0.15, -0.1) is 12.4 Å². The van der Waals surface area contributed by atoms with Gasteiger partial charge in [-0.2, -0.15) is 0 Å². The second kappa shape index (κ2) is 9.03. The minimum Gasteiger partial charge on any atom is -0.481 e. The van der Waals surface area contributed by atoms with E-state index in [0.29, 0.717) is 5.75 Å². The van der Waals surface area contributed by atoms with Crippen LogP contribution < -0.4 is 15.8 Å².